The number of ether oxygens (including phenoxy) is 1. The number of hydrogen-bond donors (Lipinski definition) is 1. The summed E-state index contributed by atoms with van der Waals surface area (Å²) in [6.07, 6.45) is -3.32. The van der Waals surface area contributed by atoms with Crippen LogP contribution in [0.2, 0.25) is 0 Å². The van der Waals surface area contributed by atoms with Crippen LogP contribution in [0.3, 0.4) is 0 Å². The topological polar surface area (TPSA) is 24.5 Å². The fourth-order valence-electron chi connectivity index (χ4n) is 2.53. The van der Waals surface area contributed by atoms with Crippen molar-refractivity contribution in [1.82, 2.24) is 10.2 Å². The van der Waals surface area contributed by atoms with E-state index in [0.717, 1.165) is 13.0 Å². The molecule has 0 amide bonds. The molecule has 0 aromatic heterocycles. The third-order valence-electron chi connectivity index (χ3n) is 3.29. The maximum absolute atomic E-state index is 12.4. The maximum atomic E-state index is 12.4. The third kappa shape index (κ3) is 6.58. The molecule has 0 aliphatic carbocycles. The molecule has 114 valence electrons. The Hall–Kier alpha value is -0.330. The zero-order valence-electron chi connectivity index (χ0n) is 12.0. The van der Waals surface area contributed by atoms with Crippen LogP contribution in [0.15, 0.2) is 0 Å². The van der Waals surface area contributed by atoms with E-state index in [2.05, 4.69) is 19.2 Å². The molecule has 0 bridgehead atoms. The van der Waals surface area contributed by atoms with E-state index >= 15 is 0 Å². The first-order valence-electron chi connectivity index (χ1n) is 6.76. The van der Waals surface area contributed by atoms with Crippen molar-refractivity contribution in [2.45, 2.75) is 26.4 Å². The van der Waals surface area contributed by atoms with E-state index in [-0.39, 0.29) is 5.41 Å². The Balaban J connectivity index is 2.47. The Bertz CT molecular complexity index is 263. The van der Waals surface area contributed by atoms with Crippen LogP contribution in [0.5, 0.6) is 0 Å². The van der Waals surface area contributed by atoms with Crippen molar-refractivity contribution in [1.29, 1.82) is 0 Å². The highest BCUT2D eigenvalue weighted by atomic mass is 19.4. The van der Waals surface area contributed by atoms with Gasteiger partial charge in [-0.25, -0.2) is 0 Å². The van der Waals surface area contributed by atoms with Crippen molar-refractivity contribution in [2.75, 3.05) is 46.4 Å². The number of nitrogens with one attached hydrogen (secondary N) is 1. The van der Waals surface area contributed by atoms with Crippen LogP contribution in [0.1, 0.15) is 20.3 Å². The summed E-state index contributed by atoms with van der Waals surface area (Å²) in [5.74, 6) is 0.535. The molecule has 1 rings (SSSR count). The van der Waals surface area contributed by atoms with E-state index in [9.17, 15) is 13.2 Å². The fourth-order valence-corrected chi connectivity index (χ4v) is 2.53. The molecule has 1 saturated heterocycles. The predicted molar refractivity (Wildman–Crippen MR) is 69.1 cm³/mol. The largest absolute Gasteiger partial charge is 0.401 e. The van der Waals surface area contributed by atoms with Gasteiger partial charge in [0.2, 0.25) is 0 Å². The van der Waals surface area contributed by atoms with E-state index in [1.54, 1.807) is 0 Å². The van der Waals surface area contributed by atoms with Crippen molar-refractivity contribution < 1.29 is 17.9 Å². The molecule has 1 fully saturated rings. The standard InChI is InChI=1S/C13H25F3N2O/c1-11(2)6-17-7-12(4-5-19-10-12)8-18(3)9-13(14,15)16/h11,17H,4-10H2,1-3H3. The van der Waals surface area contributed by atoms with Crippen LogP contribution in [-0.4, -0.2) is 57.5 Å². The van der Waals surface area contributed by atoms with Gasteiger partial charge in [0.25, 0.3) is 0 Å². The highest BCUT2D eigenvalue weighted by Crippen LogP contribution is 2.29. The average Bonchev–Trinajstić information content (AvgIpc) is 2.62. The Morgan fingerprint density at radius 3 is 2.53 bits per heavy atom. The predicted octanol–water partition coefficient (Wildman–Crippen LogP) is 2.13. The number of rotatable bonds is 7. The SMILES string of the molecule is CC(C)CNCC1(CN(C)CC(F)(F)F)CCOC1. The number of nitrogens with zero attached hydrogens (tertiary/aromatic N) is 1. The molecule has 1 aliphatic rings. The molecule has 0 saturated carbocycles. The van der Waals surface area contributed by atoms with E-state index in [4.69, 9.17) is 4.74 Å². The Kier molecular flexibility index (Phi) is 6.08. The highest BCUT2D eigenvalue weighted by molar-refractivity contribution is 4.88. The molecule has 1 unspecified atom stereocenters. The van der Waals surface area contributed by atoms with Gasteiger partial charge in [-0.3, -0.25) is 4.90 Å². The second kappa shape index (κ2) is 6.90. The number of alkyl halides is 3. The van der Waals surface area contributed by atoms with Gasteiger partial charge in [0.1, 0.15) is 0 Å². The van der Waals surface area contributed by atoms with Crippen molar-refractivity contribution in [3.8, 4) is 0 Å². The van der Waals surface area contributed by atoms with Gasteiger partial charge in [-0.1, -0.05) is 13.8 Å². The van der Waals surface area contributed by atoms with Gasteiger partial charge < -0.3 is 10.1 Å². The summed E-state index contributed by atoms with van der Waals surface area (Å²) in [5, 5.41) is 3.35. The highest BCUT2D eigenvalue weighted by Gasteiger charge is 2.38. The summed E-state index contributed by atoms with van der Waals surface area (Å²) < 4.78 is 42.5. The van der Waals surface area contributed by atoms with Gasteiger partial charge in [0.15, 0.2) is 0 Å². The lowest BCUT2D eigenvalue weighted by molar-refractivity contribution is -0.145. The second-order valence-electron chi connectivity index (χ2n) is 6.11. The maximum Gasteiger partial charge on any atom is 0.401 e. The normalized spacial score (nSPS) is 24.6. The Morgan fingerprint density at radius 1 is 1.37 bits per heavy atom. The molecule has 0 spiro atoms. The lowest BCUT2D eigenvalue weighted by atomic mass is 9.86. The van der Waals surface area contributed by atoms with Crippen LogP contribution in [-0.2, 0) is 4.74 Å². The van der Waals surface area contributed by atoms with Gasteiger partial charge in [0, 0.05) is 25.1 Å². The molecule has 0 aromatic rings. The van der Waals surface area contributed by atoms with Gasteiger partial charge in [-0.15, -0.1) is 0 Å². The second-order valence-corrected chi connectivity index (χ2v) is 6.11. The first-order chi connectivity index (χ1) is 8.72. The number of halogens is 3. The molecule has 1 heterocycles. The molecular weight excluding hydrogens is 257 g/mol. The third-order valence-corrected chi connectivity index (χ3v) is 3.29. The lowest BCUT2D eigenvalue weighted by Gasteiger charge is -2.33. The molecule has 1 atom stereocenters. The molecule has 3 nitrogen and oxygen atoms in total. The summed E-state index contributed by atoms with van der Waals surface area (Å²) in [4.78, 5) is 1.35. The average molecular weight is 282 g/mol. The van der Waals surface area contributed by atoms with Crippen molar-refractivity contribution in [3.63, 3.8) is 0 Å². The monoisotopic (exact) mass is 282 g/mol. The van der Waals surface area contributed by atoms with E-state index in [1.165, 1.54) is 11.9 Å². The van der Waals surface area contributed by atoms with Gasteiger partial charge in [-0.05, 0) is 25.9 Å². The molecule has 0 radical (unpaired) electrons. The first kappa shape index (κ1) is 16.7. The van der Waals surface area contributed by atoms with Gasteiger partial charge in [-0.2, -0.15) is 13.2 Å². The van der Waals surface area contributed by atoms with E-state index < -0.39 is 12.7 Å². The van der Waals surface area contributed by atoms with Crippen LogP contribution in [0.25, 0.3) is 0 Å². The van der Waals surface area contributed by atoms with Crippen LogP contribution in [0.4, 0.5) is 13.2 Å². The van der Waals surface area contributed by atoms with E-state index in [0.29, 0.717) is 32.2 Å². The summed E-state index contributed by atoms with van der Waals surface area (Å²) in [5.41, 5.74) is -0.186. The molecule has 19 heavy (non-hydrogen) atoms. The minimum absolute atomic E-state index is 0.186. The summed E-state index contributed by atoms with van der Waals surface area (Å²) in [7, 11) is 1.52. The molecule has 1 N–H and O–H groups in total. The van der Waals surface area contributed by atoms with Crippen LogP contribution in [0, 0.1) is 11.3 Å². The van der Waals surface area contributed by atoms with E-state index in [1.807, 2.05) is 0 Å². The molecule has 0 aromatic carbocycles. The Morgan fingerprint density at radius 2 is 2.05 bits per heavy atom. The minimum Gasteiger partial charge on any atom is -0.381 e. The molecule has 6 heteroatoms. The quantitative estimate of drug-likeness (QED) is 0.774. The molecule has 1 aliphatic heterocycles. The zero-order chi connectivity index (χ0) is 14.5. The lowest BCUT2D eigenvalue weighted by Crippen LogP contribution is -2.46. The Labute approximate surface area is 113 Å². The zero-order valence-corrected chi connectivity index (χ0v) is 12.0. The smallest absolute Gasteiger partial charge is 0.381 e. The minimum atomic E-state index is -4.14. The summed E-state index contributed by atoms with van der Waals surface area (Å²) >= 11 is 0. The number of hydrogen-bond acceptors (Lipinski definition) is 3. The van der Waals surface area contributed by atoms with Crippen LogP contribution >= 0.6 is 0 Å². The van der Waals surface area contributed by atoms with Gasteiger partial charge in [0.05, 0.1) is 13.2 Å². The van der Waals surface area contributed by atoms with Crippen molar-refractivity contribution >= 4 is 0 Å². The molecular formula is C13H25F3N2O. The van der Waals surface area contributed by atoms with Gasteiger partial charge >= 0.3 is 6.18 Å². The summed E-state index contributed by atoms with van der Waals surface area (Å²) in [6.45, 7) is 6.55. The van der Waals surface area contributed by atoms with Crippen molar-refractivity contribution in [3.05, 3.63) is 0 Å². The van der Waals surface area contributed by atoms with Crippen molar-refractivity contribution in [2.24, 2.45) is 11.3 Å². The summed E-state index contributed by atoms with van der Waals surface area (Å²) in [6, 6.07) is 0. The van der Waals surface area contributed by atoms with Crippen LogP contribution < -0.4 is 5.32 Å². The fraction of sp³-hybridized carbons (Fsp3) is 1.00. The first-order valence-corrected chi connectivity index (χ1v) is 6.76.